The third-order valence-corrected chi connectivity index (χ3v) is 3.95. The zero-order valence-corrected chi connectivity index (χ0v) is 13.3. The summed E-state index contributed by atoms with van der Waals surface area (Å²) in [5, 5.41) is 0. The standard InChI is InChI=1S/C17H27NO2/c1-6-20-16(19)17(11-18,12(2)3)10-15-8-13(4)7-14(5)9-15/h7-9,12H,6,10-11,18H2,1-5H3. The summed E-state index contributed by atoms with van der Waals surface area (Å²) in [6.07, 6.45) is 0.627. The summed E-state index contributed by atoms with van der Waals surface area (Å²) in [7, 11) is 0. The summed E-state index contributed by atoms with van der Waals surface area (Å²) >= 11 is 0. The number of rotatable bonds is 6. The van der Waals surface area contributed by atoms with E-state index in [-0.39, 0.29) is 11.9 Å². The molecule has 0 amide bonds. The highest BCUT2D eigenvalue weighted by Gasteiger charge is 2.41. The van der Waals surface area contributed by atoms with Crippen molar-refractivity contribution in [2.75, 3.05) is 13.2 Å². The molecule has 0 aromatic heterocycles. The van der Waals surface area contributed by atoms with Crippen LogP contribution in [0.1, 0.15) is 37.5 Å². The SMILES string of the molecule is CCOC(=O)C(CN)(Cc1cc(C)cc(C)c1)C(C)C. The van der Waals surface area contributed by atoms with Gasteiger partial charge >= 0.3 is 5.97 Å². The smallest absolute Gasteiger partial charge is 0.313 e. The highest BCUT2D eigenvalue weighted by atomic mass is 16.5. The molecule has 0 bridgehead atoms. The maximum absolute atomic E-state index is 12.4. The van der Waals surface area contributed by atoms with Crippen LogP contribution >= 0.6 is 0 Å². The second-order valence-corrected chi connectivity index (χ2v) is 5.91. The van der Waals surface area contributed by atoms with Crippen molar-refractivity contribution in [3.63, 3.8) is 0 Å². The quantitative estimate of drug-likeness (QED) is 0.813. The van der Waals surface area contributed by atoms with E-state index in [4.69, 9.17) is 10.5 Å². The van der Waals surface area contributed by atoms with Crippen molar-refractivity contribution in [2.45, 2.75) is 41.0 Å². The third-order valence-electron chi connectivity index (χ3n) is 3.95. The first-order valence-corrected chi connectivity index (χ1v) is 7.30. The number of carbonyl (C=O) groups excluding carboxylic acids is 1. The van der Waals surface area contributed by atoms with Crippen molar-refractivity contribution in [3.05, 3.63) is 34.9 Å². The van der Waals surface area contributed by atoms with Gasteiger partial charge in [-0.2, -0.15) is 0 Å². The van der Waals surface area contributed by atoms with Gasteiger partial charge in [-0.15, -0.1) is 0 Å². The topological polar surface area (TPSA) is 52.3 Å². The van der Waals surface area contributed by atoms with E-state index in [0.717, 1.165) is 5.56 Å². The van der Waals surface area contributed by atoms with Gasteiger partial charge in [-0.05, 0) is 38.7 Å². The number of benzene rings is 1. The largest absolute Gasteiger partial charge is 0.466 e. The Kier molecular flexibility index (Phi) is 5.75. The first-order valence-electron chi connectivity index (χ1n) is 7.30. The molecule has 112 valence electrons. The van der Waals surface area contributed by atoms with Crippen LogP contribution in [-0.4, -0.2) is 19.1 Å². The van der Waals surface area contributed by atoms with Crippen molar-refractivity contribution < 1.29 is 9.53 Å². The Hall–Kier alpha value is -1.35. The molecule has 0 aliphatic rings. The van der Waals surface area contributed by atoms with Gasteiger partial charge in [0.25, 0.3) is 0 Å². The minimum atomic E-state index is -0.643. The molecular formula is C17H27NO2. The molecule has 0 heterocycles. The van der Waals surface area contributed by atoms with Gasteiger partial charge in [-0.3, -0.25) is 4.79 Å². The van der Waals surface area contributed by atoms with E-state index in [0.29, 0.717) is 19.6 Å². The molecule has 0 radical (unpaired) electrons. The maximum Gasteiger partial charge on any atom is 0.313 e. The van der Waals surface area contributed by atoms with Gasteiger partial charge in [0.15, 0.2) is 0 Å². The number of ether oxygens (including phenoxy) is 1. The van der Waals surface area contributed by atoms with E-state index in [1.54, 1.807) is 0 Å². The fourth-order valence-electron chi connectivity index (χ4n) is 2.71. The summed E-state index contributed by atoms with van der Waals surface area (Å²) in [4.78, 5) is 12.4. The van der Waals surface area contributed by atoms with E-state index in [2.05, 4.69) is 32.0 Å². The van der Waals surface area contributed by atoms with Crippen LogP contribution in [-0.2, 0) is 16.0 Å². The van der Waals surface area contributed by atoms with Gasteiger partial charge in [-0.25, -0.2) is 0 Å². The molecular weight excluding hydrogens is 250 g/mol. The van der Waals surface area contributed by atoms with Gasteiger partial charge in [0.1, 0.15) is 0 Å². The molecule has 0 spiro atoms. The molecule has 0 aliphatic heterocycles. The molecule has 0 aliphatic carbocycles. The van der Waals surface area contributed by atoms with E-state index >= 15 is 0 Å². The Morgan fingerprint density at radius 2 is 1.80 bits per heavy atom. The molecule has 0 saturated heterocycles. The Labute approximate surface area is 122 Å². The van der Waals surface area contributed by atoms with Gasteiger partial charge in [0, 0.05) is 6.54 Å². The Morgan fingerprint density at radius 1 is 1.25 bits per heavy atom. The van der Waals surface area contributed by atoms with E-state index in [1.165, 1.54) is 11.1 Å². The summed E-state index contributed by atoms with van der Waals surface area (Å²) in [5.74, 6) is -0.0518. The lowest BCUT2D eigenvalue weighted by molar-refractivity contribution is -0.157. The fourth-order valence-corrected chi connectivity index (χ4v) is 2.71. The van der Waals surface area contributed by atoms with Gasteiger partial charge in [0.2, 0.25) is 0 Å². The highest BCUT2D eigenvalue weighted by Crippen LogP contribution is 2.33. The molecule has 0 saturated carbocycles. The molecule has 1 aromatic rings. The number of carbonyl (C=O) groups is 1. The Morgan fingerprint density at radius 3 is 2.20 bits per heavy atom. The lowest BCUT2D eigenvalue weighted by Crippen LogP contribution is -2.46. The lowest BCUT2D eigenvalue weighted by Gasteiger charge is -2.34. The number of aryl methyl sites for hydroxylation is 2. The van der Waals surface area contributed by atoms with Crippen LogP contribution in [0, 0.1) is 25.2 Å². The third kappa shape index (κ3) is 3.60. The predicted octanol–water partition coefficient (Wildman–Crippen LogP) is 3.01. The zero-order valence-electron chi connectivity index (χ0n) is 13.3. The average molecular weight is 277 g/mol. The summed E-state index contributed by atoms with van der Waals surface area (Å²) in [6.45, 7) is 10.7. The zero-order chi connectivity index (χ0) is 15.3. The van der Waals surface area contributed by atoms with Gasteiger partial charge in [-0.1, -0.05) is 43.2 Å². The molecule has 1 aromatic carbocycles. The molecule has 1 atom stereocenters. The first-order chi connectivity index (χ1) is 9.35. The van der Waals surface area contributed by atoms with Crippen LogP contribution in [0.25, 0.3) is 0 Å². The van der Waals surface area contributed by atoms with Crippen molar-refractivity contribution in [1.82, 2.24) is 0 Å². The summed E-state index contributed by atoms with van der Waals surface area (Å²) < 4.78 is 5.27. The summed E-state index contributed by atoms with van der Waals surface area (Å²) in [5.41, 5.74) is 8.88. The van der Waals surface area contributed by atoms with Crippen molar-refractivity contribution in [2.24, 2.45) is 17.1 Å². The number of nitrogens with two attached hydrogens (primary N) is 1. The molecule has 0 fully saturated rings. The van der Waals surface area contributed by atoms with Crippen LogP contribution in [0.5, 0.6) is 0 Å². The minimum absolute atomic E-state index is 0.132. The molecule has 20 heavy (non-hydrogen) atoms. The normalized spacial score (nSPS) is 14.2. The van der Waals surface area contributed by atoms with Crippen molar-refractivity contribution >= 4 is 5.97 Å². The second kappa shape index (κ2) is 6.89. The predicted molar refractivity (Wildman–Crippen MR) is 82.6 cm³/mol. The molecule has 1 rings (SSSR count). The number of hydrogen-bond acceptors (Lipinski definition) is 3. The van der Waals surface area contributed by atoms with Crippen LogP contribution in [0.4, 0.5) is 0 Å². The van der Waals surface area contributed by atoms with Crippen LogP contribution < -0.4 is 5.73 Å². The first kappa shape index (κ1) is 16.7. The van der Waals surface area contributed by atoms with Crippen LogP contribution in [0.3, 0.4) is 0 Å². The highest BCUT2D eigenvalue weighted by molar-refractivity contribution is 5.78. The van der Waals surface area contributed by atoms with Crippen molar-refractivity contribution in [3.8, 4) is 0 Å². The van der Waals surface area contributed by atoms with Crippen LogP contribution in [0.2, 0.25) is 0 Å². The number of hydrogen-bond donors (Lipinski definition) is 1. The Bertz CT molecular complexity index is 448. The number of esters is 1. The van der Waals surface area contributed by atoms with E-state index in [9.17, 15) is 4.79 Å². The molecule has 1 unspecified atom stereocenters. The average Bonchev–Trinajstić information content (AvgIpc) is 2.34. The Balaban J connectivity index is 3.15. The fraction of sp³-hybridized carbons (Fsp3) is 0.588. The van der Waals surface area contributed by atoms with Gasteiger partial charge in [0.05, 0.1) is 12.0 Å². The maximum atomic E-state index is 12.4. The molecule has 3 nitrogen and oxygen atoms in total. The van der Waals surface area contributed by atoms with Crippen LogP contribution in [0.15, 0.2) is 18.2 Å². The molecule has 2 N–H and O–H groups in total. The lowest BCUT2D eigenvalue weighted by atomic mass is 9.72. The van der Waals surface area contributed by atoms with Crippen molar-refractivity contribution in [1.29, 1.82) is 0 Å². The summed E-state index contributed by atoms with van der Waals surface area (Å²) in [6, 6.07) is 6.38. The second-order valence-electron chi connectivity index (χ2n) is 5.91. The van der Waals surface area contributed by atoms with Gasteiger partial charge < -0.3 is 10.5 Å². The van der Waals surface area contributed by atoms with E-state index in [1.807, 2.05) is 20.8 Å². The molecule has 3 heteroatoms. The monoisotopic (exact) mass is 277 g/mol. The van der Waals surface area contributed by atoms with E-state index < -0.39 is 5.41 Å². The minimum Gasteiger partial charge on any atom is -0.466 e.